The van der Waals surface area contributed by atoms with Crippen molar-refractivity contribution in [3.63, 3.8) is 0 Å². The minimum absolute atomic E-state index is 0.0641. The summed E-state index contributed by atoms with van der Waals surface area (Å²) in [6.45, 7) is 3.27. The van der Waals surface area contributed by atoms with E-state index in [2.05, 4.69) is 4.99 Å². The lowest BCUT2D eigenvalue weighted by molar-refractivity contribution is -0.199. The maximum atomic E-state index is 12.9. The Bertz CT molecular complexity index is 710. The topological polar surface area (TPSA) is 32.7 Å². The number of amides is 1. The Morgan fingerprint density at radius 3 is 2.32 bits per heavy atom. The first-order valence-electron chi connectivity index (χ1n) is 7.95. The van der Waals surface area contributed by atoms with Crippen molar-refractivity contribution in [1.82, 2.24) is 0 Å². The molecule has 2 aliphatic rings. The van der Waals surface area contributed by atoms with Gasteiger partial charge in [-0.1, -0.05) is 11.6 Å². The summed E-state index contributed by atoms with van der Waals surface area (Å²) in [6, 6.07) is 5.98. The Balaban J connectivity index is 1.96. The third kappa shape index (κ3) is 3.26. The lowest BCUT2D eigenvalue weighted by Gasteiger charge is -2.45. The van der Waals surface area contributed by atoms with Gasteiger partial charge in [-0.3, -0.25) is 14.7 Å². The molecular formula is C17H17Cl2F3N2O. The molecule has 25 heavy (non-hydrogen) atoms. The Kier molecular flexibility index (Phi) is 4.57. The molecule has 1 aliphatic carbocycles. The molecule has 0 spiro atoms. The highest BCUT2D eigenvalue weighted by Crippen LogP contribution is 2.47. The van der Waals surface area contributed by atoms with Crippen molar-refractivity contribution in [2.24, 2.45) is 16.8 Å². The van der Waals surface area contributed by atoms with E-state index >= 15 is 0 Å². The molecule has 1 saturated carbocycles. The van der Waals surface area contributed by atoms with Crippen LogP contribution in [0.5, 0.6) is 0 Å². The Morgan fingerprint density at radius 1 is 1.24 bits per heavy atom. The van der Waals surface area contributed by atoms with Gasteiger partial charge in [0.05, 0.1) is 17.6 Å². The van der Waals surface area contributed by atoms with Gasteiger partial charge in [0.25, 0.3) is 5.91 Å². The van der Waals surface area contributed by atoms with E-state index in [4.69, 9.17) is 23.2 Å². The second-order valence-electron chi connectivity index (χ2n) is 6.76. The first-order chi connectivity index (χ1) is 11.5. The van der Waals surface area contributed by atoms with Crippen LogP contribution in [0.25, 0.3) is 0 Å². The monoisotopic (exact) mass is 392 g/mol. The largest absolute Gasteiger partial charge is 0.391 e. The molecule has 2 atom stereocenters. The van der Waals surface area contributed by atoms with Crippen molar-refractivity contribution in [2.45, 2.75) is 43.8 Å². The molecule has 136 valence electrons. The SMILES string of the molecule is CC1N=C([C@H]2C[C@@H](C(F)(F)F)C2)N(c2ccc(Cl)cc2)C(=O)C1(C)Cl. The van der Waals surface area contributed by atoms with E-state index in [1.54, 1.807) is 38.1 Å². The number of nitrogens with zero attached hydrogens (tertiary/aromatic N) is 2. The van der Waals surface area contributed by atoms with E-state index in [0.29, 0.717) is 16.5 Å². The van der Waals surface area contributed by atoms with Gasteiger partial charge < -0.3 is 0 Å². The van der Waals surface area contributed by atoms with Gasteiger partial charge >= 0.3 is 6.18 Å². The summed E-state index contributed by atoms with van der Waals surface area (Å²) >= 11 is 12.3. The van der Waals surface area contributed by atoms with Crippen molar-refractivity contribution in [1.29, 1.82) is 0 Å². The molecular weight excluding hydrogens is 376 g/mol. The van der Waals surface area contributed by atoms with Crippen LogP contribution in [-0.2, 0) is 4.79 Å². The fourth-order valence-corrected chi connectivity index (χ4v) is 3.36. The van der Waals surface area contributed by atoms with Gasteiger partial charge in [-0.25, -0.2) is 0 Å². The second-order valence-corrected chi connectivity index (χ2v) is 7.98. The van der Waals surface area contributed by atoms with Crippen LogP contribution in [0.15, 0.2) is 29.3 Å². The predicted octanol–water partition coefficient (Wildman–Crippen LogP) is 5.06. The average molecular weight is 393 g/mol. The summed E-state index contributed by atoms with van der Waals surface area (Å²) in [7, 11) is 0. The maximum absolute atomic E-state index is 12.9. The Labute approximate surface area is 153 Å². The summed E-state index contributed by atoms with van der Waals surface area (Å²) in [5, 5.41) is 0.495. The summed E-state index contributed by atoms with van der Waals surface area (Å²) in [4.78, 5) is 17.5. The number of hydrogen-bond donors (Lipinski definition) is 0. The zero-order chi connectivity index (χ0) is 18.6. The number of carbonyl (C=O) groups excluding carboxylic acids is 1. The molecule has 3 nitrogen and oxygen atoms in total. The molecule has 0 aromatic heterocycles. The van der Waals surface area contributed by atoms with Crippen LogP contribution in [0.1, 0.15) is 26.7 Å². The molecule has 1 aliphatic heterocycles. The molecule has 0 bridgehead atoms. The van der Waals surface area contributed by atoms with Crippen molar-refractivity contribution in [2.75, 3.05) is 4.90 Å². The van der Waals surface area contributed by atoms with Gasteiger partial charge in [-0.05, 0) is 51.0 Å². The lowest BCUT2D eigenvalue weighted by atomic mass is 9.72. The highest BCUT2D eigenvalue weighted by molar-refractivity contribution is 6.41. The average Bonchev–Trinajstić information content (AvgIpc) is 2.44. The van der Waals surface area contributed by atoms with E-state index in [0.717, 1.165) is 0 Å². The third-order valence-corrected chi connectivity index (χ3v) is 5.74. The first-order valence-corrected chi connectivity index (χ1v) is 8.71. The van der Waals surface area contributed by atoms with Crippen molar-refractivity contribution < 1.29 is 18.0 Å². The minimum atomic E-state index is -4.21. The third-order valence-electron chi connectivity index (χ3n) is 5.01. The van der Waals surface area contributed by atoms with Crippen LogP contribution in [0.4, 0.5) is 18.9 Å². The van der Waals surface area contributed by atoms with Crippen LogP contribution in [-0.4, -0.2) is 28.8 Å². The number of alkyl halides is 4. The molecule has 1 aromatic rings. The van der Waals surface area contributed by atoms with Crippen LogP contribution in [0, 0.1) is 11.8 Å². The van der Waals surface area contributed by atoms with Crippen molar-refractivity contribution in [3.05, 3.63) is 29.3 Å². The fourth-order valence-electron chi connectivity index (χ4n) is 3.10. The van der Waals surface area contributed by atoms with E-state index in [1.807, 2.05) is 0 Å². The Morgan fingerprint density at radius 2 is 1.80 bits per heavy atom. The van der Waals surface area contributed by atoms with Gasteiger partial charge in [-0.15, -0.1) is 11.6 Å². The molecule has 1 amide bonds. The minimum Gasteiger partial charge on any atom is -0.272 e. The highest BCUT2D eigenvalue weighted by Gasteiger charge is 2.53. The smallest absolute Gasteiger partial charge is 0.272 e. The number of halogens is 5. The van der Waals surface area contributed by atoms with Gasteiger partial charge in [0.2, 0.25) is 0 Å². The summed E-state index contributed by atoms with van der Waals surface area (Å²) < 4.78 is 38.5. The predicted molar refractivity (Wildman–Crippen MR) is 92.4 cm³/mol. The maximum Gasteiger partial charge on any atom is 0.391 e. The zero-order valence-electron chi connectivity index (χ0n) is 13.6. The number of hydrogen-bond acceptors (Lipinski definition) is 2. The zero-order valence-corrected chi connectivity index (χ0v) is 15.2. The van der Waals surface area contributed by atoms with Crippen molar-refractivity contribution >= 4 is 40.6 Å². The van der Waals surface area contributed by atoms with E-state index in [1.165, 1.54) is 4.90 Å². The molecule has 0 saturated heterocycles. The van der Waals surface area contributed by atoms with Gasteiger partial charge in [0.1, 0.15) is 10.7 Å². The molecule has 0 radical (unpaired) electrons. The molecule has 2 unspecified atom stereocenters. The van der Waals surface area contributed by atoms with Gasteiger partial charge in [0, 0.05) is 10.9 Å². The Hall–Kier alpha value is -1.27. The van der Waals surface area contributed by atoms with Gasteiger partial charge in [-0.2, -0.15) is 13.2 Å². The molecule has 8 heteroatoms. The highest BCUT2D eigenvalue weighted by atomic mass is 35.5. The van der Waals surface area contributed by atoms with Crippen LogP contribution >= 0.6 is 23.2 Å². The van der Waals surface area contributed by atoms with E-state index in [-0.39, 0.29) is 18.7 Å². The second kappa shape index (κ2) is 6.16. The number of benzene rings is 1. The standard InChI is InChI=1S/C17H17Cl2F3N2O/c1-9-16(2,19)15(25)24(13-5-3-12(18)4-6-13)14(23-9)10-7-11(8-10)17(20,21)22/h3-6,9-11H,7-8H2,1-2H3/t9?,10-,11+,16?. The lowest BCUT2D eigenvalue weighted by Crippen LogP contribution is -2.59. The number of anilines is 1. The van der Waals surface area contributed by atoms with Crippen LogP contribution in [0.3, 0.4) is 0 Å². The number of rotatable bonds is 2. The summed E-state index contributed by atoms with van der Waals surface area (Å²) in [6.07, 6.45) is -4.34. The first kappa shape index (κ1) is 18.5. The summed E-state index contributed by atoms with van der Waals surface area (Å²) in [5.41, 5.74) is 0.502. The quantitative estimate of drug-likeness (QED) is 0.647. The van der Waals surface area contributed by atoms with E-state index < -0.39 is 28.9 Å². The molecule has 3 rings (SSSR count). The number of aliphatic imine (C=N–C) groups is 1. The molecule has 1 aromatic carbocycles. The number of amidine groups is 1. The van der Waals surface area contributed by atoms with Crippen LogP contribution in [0.2, 0.25) is 5.02 Å². The molecule has 0 N–H and O–H groups in total. The van der Waals surface area contributed by atoms with Gasteiger partial charge in [0.15, 0.2) is 0 Å². The normalized spacial score (nSPS) is 33.1. The molecule has 1 heterocycles. The van der Waals surface area contributed by atoms with Crippen molar-refractivity contribution in [3.8, 4) is 0 Å². The van der Waals surface area contributed by atoms with Crippen LogP contribution < -0.4 is 4.90 Å². The fraction of sp³-hybridized carbons (Fsp3) is 0.529. The summed E-state index contributed by atoms with van der Waals surface area (Å²) in [5.74, 6) is -1.79. The molecule has 1 fully saturated rings. The number of carbonyl (C=O) groups is 1. The van der Waals surface area contributed by atoms with E-state index in [9.17, 15) is 18.0 Å².